The quantitative estimate of drug-likeness (QED) is 0.548. The maximum absolute atomic E-state index is 13.2. The van der Waals surface area contributed by atoms with E-state index in [0.29, 0.717) is 6.04 Å². The van der Waals surface area contributed by atoms with Gasteiger partial charge in [-0.25, -0.2) is 0 Å². The van der Waals surface area contributed by atoms with Gasteiger partial charge in [0.25, 0.3) is 0 Å². The van der Waals surface area contributed by atoms with Gasteiger partial charge in [0.1, 0.15) is 0 Å². The van der Waals surface area contributed by atoms with Gasteiger partial charge < -0.3 is 15.3 Å². The van der Waals surface area contributed by atoms with E-state index in [9.17, 15) is 9.59 Å². The SMILES string of the molecule is CC1CCCN1CCc1ccc(-c2ccc(C3(C(=O)NC[C@@H](C)C(=O)O)CCCC3)cc2)cc1. The smallest absolute Gasteiger partial charge is 0.308 e. The molecule has 1 aliphatic carbocycles. The number of carbonyl (C=O) groups is 2. The zero-order valence-corrected chi connectivity index (χ0v) is 20.6. The van der Waals surface area contributed by atoms with E-state index in [1.165, 1.54) is 30.5 Å². The summed E-state index contributed by atoms with van der Waals surface area (Å²) in [6.45, 7) is 6.47. The molecule has 1 saturated carbocycles. The highest BCUT2D eigenvalue weighted by Gasteiger charge is 2.42. The number of carbonyl (C=O) groups excluding carboxylic acids is 1. The van der Waals surface area contributed by atoms with Gasteiger partial charge in [-0.3, -0.25) is 9.59 Å². The van der Waals surface area contributed by atoms with E-state index in [2.05, 4.69) is 65.7 Å². The van der Waals surface area contributed by atoms with Crippen LogP contribution in [0.4, 0.5) is 0 Å². The van der Waals surface area contributed by atoms with E-state index in [4.69, 9.17) is 5.11 Å². The summed E-state index contributed by atoms with van der Waals surface area (Å²) < 4.78 is 0. The summed E-state index contributed by atoms with van der Waals surface area (Å²) in [4.78, 5) is 26.9. The number of hydrogen-bond acceptors (Lipinski definition) is 3. The molecule has 4 rings (SSSR count). The Hall–Kier alpha value is -2.66. The highest BCUT2D eigenvalue weighted by molar-refractivity contribution is 5.89. The summed E-state index contributed by atoms with van der Waals surface area (Å²) in [5.41, 5.74) is 4.19. The molecule has 34 heavy (non-hydrogen) atoms. The average Bonchev–Trinajstić information content (AvgIpc) is 3.51. The number of carboxylic acid groups (broad SMARTS) is 1. The first kappa shape index (κ1) is 24.5. The third-order valence-corrected chi connectivity index (χ3v) is 7.99. The van der Waals surface area contributed by atoms with Gasteiger partial charge in [-0.2, -0.15) is 0 Å². The van der Waals surface area contributed by atoms with Gasteiger partial charge in [0, 0.05) is 19.1 Å². The Morgan fingerprint density at radius 2 is 1.65 bits per heavy atom. The second-order valence-electron chi connectivity index (χ2n) is 10.3. The predicted octanol–water partition coefficient (Wildman–Crippen LogP) is 5.03. The maximum Gasteiger partial charge on any atom is 0.308 e. The lowest BCUT2D eigenvalue weighted by Gasteiger charge is -2.29. The lowest BCUT2D eigenvalue weighted by atomic mass is 9.77. The first-order valence-corrected chi connectivity index (χ1v) is 12.8. The van der Waals surface area contributed by atoms with Crippen molar-refractivity contribution in [3.05, 3.63) is 59.7 Å². The Balaban J connectivity index is 1.42. The molecule has 2 aromatic carbocycles. The normalized spacial score (nSPS) is 20.8. The van der Waals surface area contributed by atoms with Crippen molar-refractivity contribution in [1.29, 1.82) is 0 Å². The number of nitrogens with one attached hydrogen (secondary N) is 1. The standard InChI is InChI=1S/C29H38N2O3/c1-21(27(32)33)20-30-28(34)29(16-3-4-17-29)26-13-11-25(12-14-26)24-9-7-23(8-10-24)15-19-31-18-5-6-22(31)2/h7-14,21-22H,3-6,15-20H2,1-2H3,(H,30,34)(H,32,33)/t21-,22?/m1/s1. The molecule has 2 aliphatic rings. The molecule has 2 aromatic rings. The Labute approximate surface area is 203 Å². The molecule has 2 fully saturated rings. The fourth-order valence-corrected chi connectivity index (χ4v) is 5.57. The van der Waals surface area contributed by atoms with Gasteiger partial charge >= 0.3 is 5.97 Å². The first-order chi connectivity index (χ1) is 16.4. The maximum atomic E-state index is 13.2. The molecule has 1 aliphatic heterocycles. The molecule has 0 aromatic heterocycles. The highest BCUT2D eigenvalue weighted by Crippen LogP contribution is 2.42. The Bertz CT molecular complexity index is 977. The third kappa shape index (κ3) is 5.35. The van der Waals surface area contributed by atoms with Crippen molar-refractivity contribution in [3.8, 4) is 11.1 Å². The van der Waals surface area contributed by atoms with Crippen molar-refractivity contribution in [2.45, 2.75) is 70.3 Å². The summed E-state index contributed by atoms with van der Waals surface area (Å²) in [7, 11) is 0. The lowest BCUT2D eigenvalue weighted by molar-refractivity contribution is -0.141. The van der Waals surface area contributed by atoms with E-state index in [1.54, 1.807) is 6.92 Å². The topological polar surface area (TPSA) is 69.6 Å². The number of rotatable bonds is 9. The Morgan fingerprint density at radius 1 is 1.03 bits per heavy atom. The molecule has 2 atom stereocenters. The van der Waals surface area contributed by atoms with Crippen LogP contribution >= 0.6 is 0 Å². The summed E-state index contributed by atoms with van der Waals surface area (Å²) >= 11 is 0. The van der Waals surface area contributed by atoms with E-state index in [1.807, 2.05) is 0 Å². The van der Waals surface area contributed by atoms with Gasteiger partial charge in [-0.05, 0) is 67.8 Å². The number of amides is 1. The van der Waals surface area contributed by atoms with Crippen molar-refractivity contribution in [2.75, 3.05) is 19.6 Å². The van der Waals surface area contributed by atoms with Crippen molar-refractivity contribution < 1.29 is 14.7 Å². The minimum atomic E-state index is -0.887. The zero-order chi connectivity index (χ0) is 24.1. The molecule has 5 heteroatoms. The van der Waals surface area contributed by atoms with E-state index in [-0.39, 0.29) is 12.5 Å². The van der Waals surface area contributed by atoms with Gasteiger partial charge in [0.05, 0.1) is 11.3 Å². The molecule has 1 unspecified atom stereocenters. The first-order valence-electron chi connectivity index (χ1n) is 12.8. The monoisotopic (exact) mass is 462 g/mol. The molecule has 1 amide bonds. The number of likely N-dealkylation sites (tertiary alicyclic amines) is 1. The molecule has 0 spiro atoms. The molecular weight excluding hydrogens is 424 g/mol. The predicted molar refractivity (Wildman–Crippen MR) is 136 cm³/mol. The third-order valence-electron chi connectivity index (χ3n) is 7.99. The lowest BCUT2D eigenvalue weighted by Crippen LogP contribution is -2.44. The van der Waals surface area contributed by atoms with Crippen LogP contribution in [0.5, 0.6) is 0 Å². The molecule has 0 radical (unpaired) electrons. The summed E-state index contributed by atoms with van der Waals surface area (Å²) in [5, 5.41) is 12.0. The summed E-state index contributed by atoms with van der Waals surface area (Å²) in [5.74, 6) is -1.52. The molecule has 1 saturated heterocycles. The van der Waals surface area contributed by atoms with Gasteiger partial charge in [0.15, 0.2) is 0 Å². The fourth-order valence-electron chi connectivity index (χ4n) is 5.57. The minimum absolute atomic E-state index is 0.0393. The molecule has 0 bridgehead atoms. The van der Waals surface area contributed by atoms with Crippen molar-refractivity contribution >= 4 is 11.9 Å². The van der Waals surface area contributed by atoms with E-state index in [0.717, 1.165) is 49.8 Å². The van der Waals surface area contributed by atoms with Gasteiger partial charge in [-0.1, -0.05) is 68.3 Å². The second-order valence-corrected chi connectivity index (χ2v) is 10.3. The van der Waals surface area contributed by atoms with Crippen LogP contribution in [0.1, 0.15) is 63.5 Å². The van der Waals surface area contributed by atoms with Crippen LogP contribution in [0.15, 0.2) is 48.5 Å². The van der Waals surface area contributed by atoms with E-state index < -0.39 is 17.3 Å². The molecule has 182 valence electrons. The van der Waals surface area contributed by atoms with Crippen molar-refractivity contribution in [3.63, 3.8) is 0 Å². The highest BCUT2D eigenvalue weighted by atomic mass is 16.4. The number of benzene rings is 2. The van der Waals surface area contributed by atoms with Gasteiger partial charge in [-0.15, -0.1) is 0 Å². The number of hydrogen-bond donors (Lipinski definition) is 2. The van der Waals surface area contributed by atoms with Crippen molar-refractivity contribution in [2.24, 2.45) is 5.92 Å². The average molecular weight is 463 g/mol. The number of nitrogens with zero attached hydrogens (tertiary/aromatic N) is 1. The minimum Gasteiger partial charge on any atom is -0.481 e. The van der Waals surface area contributed by atoms with Crippen LogP contribution < -0.4 is 5.32 Å². The molecule has 2 N–H and O–H groups in total. The van der Waals surface area contributed by atoms with Gasteiger partial charge in [0.2, 0.25) is 5.91 Å². The fraction of sp³-hybridized carbons (Fsp3) is 0.517. The van der Waals surface area contributed by atoms with Crippen LogP contribution in [0.2, 0.25) is 0 Å². The second kappa shape index (κ2) is 10.7. The summed E-state index contributed by atoms with van der Waals surface area (Å²) in [6.07, 6.45) is 7.37. The van der Waals surface area contributed by atoms with Crippen LogP contribution in [-0.2, 0) is 21.4 Å². The molecular formula is C29H38N2O3. The van der Waals surface area contributed by atoms with Crippen molar-refractivity contribution in [1.82, 2.24) is 10.2 Å². The van der Waals surface area contributed by atoms with E-state index >= 15 is 0 Å². The van der Waals surface area contributed by atoms with Crippen LogP contribution in [0.25, 0.3) is 11.1 Å². The van der Waals surface area contributed by atoms with Crippen LogP contribution in [-0.4, -0.2) is 47.6 Å². The van der Waals surface area contributed by atoms with Crippen LogP contribution in [0.3, 0.4) is 0 Å². The number of carboxylic acids is 1. The zero-order valence-electron chi connectivity index (χ0n) is 20.6. The molecule has 1 heterocycles. The number of aliphatic carboxylic acids is 1. The Morgan fingerprint density at radius 3 is 2.21 bits per heavy atom. The Kier molecular flexibility index (Phi) is 7.72. The largest absolute Gasteiger partial charge is 0.481 e. The van der Waals surface area contributed by atoms with Crippen LogP contribution in [0, 0.1) is 5.92 Å². The summed E-state index contributed by atoms with van der Waals surface area (Å²) in [6, 6.07) is 18.0. The molecule has 5 nitrogen and oxygen atoms in total.